The molecule has 0 bridgehead atoms. The lowest BCUT2D eigenvalue weighted by Gasteiger charge is -2.01. The molecule has 2 saturated heterocycles. The van der Waals surface area contributed by atoms with Crippen molar-refractivity contribution in [2.24, 2.45) is 0 Å². The Hall–Kier alpha value is -1.05. The lowest BCUT2D eigenvalue weighted by molar-refractivity contribution is -0.124. The van der Waals surface area contributed by atoms with Crippen molar-refractivity contribution in [3.05, 3.63) is 23.8 Å². The third kappa shape index (κ3) is 0.339. The zero-order valence-electron chi connectivity index (χ0n) is 5.45. The highest BCUT2D eigenvalue weighted by Gasteiger charge is 2.56. The second kappa shape index (κ2) is 1.19. The molecule has 2 aliphatic heterocycles. The molecular weight excluding hydrogens is 126 g/mol. The smallest absolute Gasteiger partial charge is 0.227 e. The van der Waals surface area contributed by atoms with Gasteiger partial charge < -0.3 is 4.90 Å². The number of amides is 1. The summed E-state index contributed by atoms with van der Waals surface area (Å²) < 4.78 is 0. The summed E-state index contributed by atoms with van der Waals surface area (Å²) in [5.74, 6) is 0.311. The number of carbonyl (C=O) groups is 1. The highest BCUT2D eigenvalue weighted by Crippen LogP contribution is 2.45. The summed E-state index contributed by atoms with van der Waals surface area (Å²) in [5, 5.41) is 0. The normalized spacial score (nSPS) is 39.8. The predicted molar refractivity (Wildman–Crippen MR) is 36.3 cm³/mol. The van der Waals surface area contributed by atoms with E-state index < -0.39 is 0 Å². The average Bonchev–Trinajstić information content (AvgIpc) is 2.51. The fourth-order valence-electron chi connectivity index (χ4n) is 1.99. The van der Waals surface area contributed by atoms with E-state index in [0.717, 1.165) is 0 Å². The first kappa shape index (κ1) is 4.72. The molecule has 0 radical (unpaired) electrons. The molecule has 2 heterocycles. The monoisotopic (exact) mass is 133 g/mol. The van der Waals surface area contributed by atoms with Crippen LogP contribution in [-0.4, -0.2) is 22.9 Å². The summed E-state index contributed by atoms with van der Waals surface area (Å²) in [4.78, 5) is 13.0. The van der Waals surface area contributed by atoms with Gasteiger partial charge in [0.2, 0.25) is 5.91 Å². The van der Waals surface area contributed by atoms with Crippen LogP contribution in [0.15, 0.2) is 23.8 Å². The minimum Gasteiger partial charge on any atom is -0.324 e. The Labute approximate surface area is 58.8 Å². The van der Waals surface area contributed by atoms with Crippen molar-refractivity contribution in [2.75, 3.05) is 0 Å². The summed E-state index contributed by atoms with van der Waals surface area (Å²) >= 11 is 0. The second-order valence-corrected chi connectivity index (χ2v) is 3.04. The number of rotatable bonds is 0. The number of fused-ring (bicyclic) bond motifs is 1. The Morgan fingerprint density at radius 3 is 3.20 bits per heavy atom. The minimum atomic E-state index is 0.311. The van der Waals surface area contributed by atoms with Crippen LogP contribution in [0.2, 0.25) is 0 Å². The molecule has 0 saturated carbocycles. The van der Waals surface area contributed by atoms with Gasteiger partial charge in [0.15, 0.2) is 0 Å². The number of allylic oxidation sites excluding steroid dienone is 2. The van der Waals surface area contributed by atoms with Gasteiger partial charge in [0.25, 0.3) is 0 Å². The van der Waals surface area contributed by atoms with E-state index in [4.69, 9.17) is 0 Å². The van der Waals surface area contributed by atoms with Crippen LogP contribution < -0.4 is 0 Å². The molecule has 2 unspecified atom stereocenters. The Kier molecular flexibility index (Phi) is 0.562. The highest BCUT2D eigenvalue weighted by atomic mass is 16.2. The van der Waals surface area contributed by atoms with Gasteiger partial charge in [-0.2, -0.15) is 0 Å². The minimum absolute atomic E-state index is 0.311. The molecule has 0 aromatic carbocycles. The number of hydrogen-bond donors (Lipinski definition) is 0. The summed E-state index contributed by atoms with van der Waals surface area (Å²) in [6.07, 6.45) is 6.91. The molecule has 10 heavy (non-hydrogen) atoms. The summed E-state index contributed by atoms with van der Waals surface area (Å²) in [5.41, 5.74) is 1.32. The van der Waals surface area contributed by atoms with Crippen LogP contribution in [-0.2, 0) is 4.79 Å². The molecule has 0 N–H and O–H groups in total. The number of piperidine rings is 1. The van der Waals surface area contributed by atoms with Crippen LogP contribution in [0.1, 0.15) is 6.42 Å². The largest absolute Gasteiger partial charge is 0.324 e. The Balaban J connectivity index is 2.16. The van der Waals surface area contributed by atoms with Gasteiger partial charge in [0, 0.05) is 0 Å². The summed E-state index contributed by atoms with van der Waals surface area (Å²) in [6.45, 7) is 0. The average molecular weight is 133 g/mol. The van der Waals surface area contributed by atoms with Gasteiger partial charge in [-0.3, -0.25) is 4.79 Å². The zero-order valence-corrected chi connectivity index (χ0v) is 5.45. The molecule has 3 rings (SSSR count). The van der Waals surface area contributed by atoms with Crippen LogP contribution in [0, 0.1) is 0 Å². The van der Waals surface area contributed by atoms with E-state index in [1.54, 1.807) is 0 Å². The highest BCUT2D eigenvalue weighted by molar-refractivity contribution is 5.89. The second-order valence-electron chi connectivity index (χ2n) is 3.04. The van der Waals surface area contributed by atoms with Gasteiger partial charge in [-0.15, -0.1) is 0 Å². The third-order valence-corrected chi connectivity index (χ3v) is 2.50. The Morgan fingerprint density at radius 2 is 2.50 bits per heavy atom. The molecule has 2 atom stereocenters. The van der Waals surface area contributed by atoms with Crippen LogP contribution in [0.5, 0.6) is 0 Å². The lowest BCUT2D eigenvalue weighted by Crippen LogP contribution is -2.10. The van der Waals surface area contributed by atoms with Crippen molar-refractivity contribution < 1.29 is 4.79 Å². The molecule has 50 valence electrons. The number of hydrogen-bond acceptors (Lipinski definition) is 1. The molecule has 2 fully saturated rings. The van der Waals surface area contributed by atoms with Crippen LogP contribution in [0.25, 0.3) is 0 Å². The fraction of sp³-hybridized carbons (Fsp3) is 0.375. The van der Waals surface area contributed by atoms with Gasteiger partial charge in [-0.05, 0) is 5.57 Å². The summed E-state index contributed by atoms with van der Waals surface area (Å²) in [6, 6.07) is 0.929. The molecule has 0 aromatic rings. The Morgan fingerprint density at radius 1 is 1.60 bits per heavy atom. The van der Waals surface area contributed by atoms with Crippen molar-refractivity contribution >= 4 is 5.91 Å². The lowest BCUT2D eigenvalue weighted by atomic mass is 10.0. The molecule has 2 heteroatoms. The Bertz CT molecular complexity index is 273. The van der Waals surface area contributed by atoms with Gasteiger partial charge >= 0.3 is 0 Å². The number of carbonyl (C=O) groups excluding carboxylic acids is 1. The molecule has 1 aliphatic carbocycles. The third-order valence-electron chi connectivity index (χ3n) is 2.50. The zero-order chi connectivity index (χ0) is 6.72. The van der Waals surface area contributed by atoms with Crippen molar-refractivity contribution in [3.63, 3.8) is 0 Å². The van der Waals surface area contributed by atoms with E-state index >= 15 is 0 Å². The van der Waals surface area contributed by atoms with Crippen LogP contribution >= 0.6 is 0 Å². The van der Waals surface area contributed by atoms with Crippen molar-refractivity contribution in [2.45, 2.75) is 18.5 Å². The predicted octanol–water partition coefficient (Wildman–Crippen LogP) is 0.466. The van der Waals surface area contributed by atoms with E-state index in [-0.39, 0.29) is 0 Å². The fourth-order valence-corrected chi connectivity index (χ4v) is 1.99. The standard InChI is InChI=1S/C8H7NO/c10-7-4-5-2-1-3-6-8(5)9(6)7/h1-3,6,8H,4H2. The van der Waals surface area contributed by atoms with Crippen molar-refractivity contribution in [1.29, 1.82) is 0 Å². The van der Waals surface area contributed by atoms with Crippen molar-refractivity contribution in [3.8, 4) is 0 Å². The molecule has 0 aromatic heterocycles. The molecule has 0 spiro atoms. The van der Waals surface area contributed by atoms with Gasteiger partial charge in [0.05, 0.1) is 18.5 Å². The van der Waals surface area contributed by atoms with Crippen LogP contribution in [0.4, 0.5) is 0 Å². The molecular formula is C8H7NO. The maximum Gasteiger partial charge on any atom is 0.227 e. The van der Waals surface area contributed by atoms with E-state index in [9.17, 15) is 4.79 Å². The molecule has 2 nitrogen and oxygen atoms in total. The van der Waals surface area contributed by atoms with E-state index in [0.29, 0.717) is 24.4 Å². The summed E-state index contributed by atoms with van der Waals surface area (Å²) in [7, 11) is 0. The van der Waals surface area contributed by atoms with Gasteiger partial charge in [-0.25, -0.2) is 0 Å². The maximum atomic E-state index is 11.1. The SMILES string of the molecule is O=C1CC2=CC=CC3C2N13. The quantitative estimate of drug-likeness (QED) is 0.440. The first-order valence-electron chi connectivity index (χ1n) is 3.56. The molecule has 1 amide bonds. The maximum absolute atomic E-state index is 11.1. The molecule has 3 aliphatic rings. The van der Waals surface area contributed by atoms with Gasteiger partial charge in [-0.1, -0.05) is 18.2 Å². The van der Waals surface area contributed by atoms with E-state index in [1.807, 2.05) is 4.90 Å². The first-order chi connectivity index (χ1) is 4.88. The van der Waals surface area contributed by atoms with E-state index in [1.165, 1.54) is 5.57 Å². The first-order valence-corrected chi connectivity index (χ1v) is 3.56. The number of nitrogens with zero attached hydrogens (tertiary/aromatic N) is 1. The van der Waals surface area contributed by atoms with Gasteiger partial charge in [0.1, 0.15) is 0 Å². The van der Waals surface area contributed by atoms with Crippen molar-refractivity contribution in [1.82, 2.24) is 4.90 Å². The van der Waals surface area contributed by atoms with E-state index in [2.05, 4.69) is 18.2 Å². The topological polar surface area (TPSA) is 20.1 Å². The van der Waals surface area contributed by atoms with Crippen LogP contribution in [0.3, 0.4) is 0 Å².